The molecule has 1 aliphatic heterocycles. The van der Waals surface area contributed by atoms with Crippen molar-refractivity contribution in [3.05, 3.63) is 68.2 Å². The summed E-state index contributed by atoms with van der Waals surface area (Å²) in [5.41, 5.74) is 11.5. The van der Waals surface area contributed by atoms with Crippen LogP contribution in [0.5, 0.6) is 0 Å². The number of thioether (sulfide) groups is 1. The van der Waals surface area contributed by atoms with E-state index < -0.39 is 20.2 Å². The smallest absolute Gasteiger partial charge is 0.283 e. The van der Waals surface area contributed by atoms with Crippen molar-refractivity contribution >= 4 is 65.3 Å². The molecule has 0 spiro atoms. The highest BCUT2D eigenvalue weighted by atomic mass is 32.2. The third kappa shape index (κ3) is 8.20. The molecule has 2 heterocycles. The Morgan fingerprint density at radius 2 is 1.67 bits per heavy atom. The van der Waals surface area contributed by atoms with E-state index in [0.29, 0.717) is 26.1 Å². The Kier molecular flexibility index (Phi) is 11.4. The quantitative estimate of drug-likeness (QED) is 0.114. The van der Waals surface area contributed by atoms with Crippen LogP contribution in [0.4, 0.5) is 5.69 Å². The summed E-state index contributed by atoms with van der Waals surface area (Å²) >= 11 is 3.44. The number of rotatable bonds is 14. The van der Waals surface area contributed by atoms with E-state index in [1.54, 1.807) is 30.0 Å². The van der Waals surface area contributed by atoms with E-state index in [1.165, 1.54) is 55.9 Å². The zero-order valence-electron chi connectivity index (χ0n) is 27.8. The Balaban J connectivity index is 1.37. The van der Waals surface area contributed by atoms with Crippen molar-refractivity contribution in [2.45, 2.75) is 95.9 Å². The largest absolute Gasteiger partial charge is 0.748 e. The first kappa shape index (κ1) is 35.6. The van der Waals surface area contributed by atoms with Crippen molar-refractivity contribution < 1.29 is 30.2 Å². The first-order valence-corrected chi connectivity index (χ1v) is 21.9. The van der Waals surface area contributed by atoms with Gasteiger partial charge in [-0.3, -0.25) is 0 Å². The van der Waals surface area contributed by atoms with E-state index in [2.05, 4.69) is 58.3 Å². The lowest BCUT2D eigenvalue weighted by molar-refractivity contribution is -0.668. The molecule has 0 atom stereocenters. The van der Waals surface area contributed by atoms with Crippen molar-refractivity contribution in [3.8, 4) is 0 Å². The van der Waals surface area contributed by atoms with Gasteiger partial charge in [-0.25, -0.2) is 8.42 Å². The molecule has 9 nitrogen and oxygen atoms in total. The molecule has 2 aromatic carbocycles. The number of hydrogen-bond acceptors (Lipinski definition) is 10. The van der Waals surface area contributed by atoms with Gasteiger partial charge in [0.25, 0.3) is 15.1 Å². The monoisotopic (exact) mass is 731 g/mol. The van der Waals surface area contributed by atoms with E-state index in [0.717, 1.165) is 60.6 Å². The number of benzene rings is 2. The summed E-state index contributed by atoms with van der Waals surface area (Å²) in [6, 6.07) is 8.90. The number of nitrogens with one attached hydrogen (secondary N) is 1. The molecular weight excluding hydrogens is 687 g/mol. The van der Waals surface area contributed by atoms with E-state index >= 15 is 0 Å². The molecule has 6 rings (SSSR count). The standard InChI is InChI=1S/C35H45N3O6S4/c1-3-25(23-32-37(19-9-21-47(39,40)41)34-28-13-7-5-11-26(28)15-17-30(34)45-32)24-33-38(20-10-22-48(42,43)44-36-4-2)35-29-14-8-6-12-27(29)16-18-31(35)46-33/h15-18,23-24,36H,3-14,19-22H2,1-2H3. The van der Waals surface area contributed by atoms with Gasteiger partial charge in [-0.05, 0) is 105 Å². The van der Waals surface area contributed by atoms with Crippen LogP contribution in [-0.2, 0) is 56.7 Å². The number of allylic oxidation sites excluding steroid dienone is 2. The number of anilines is 1. The molecule has 0 unspecified atom stereocenters. The average molecular weight is 732 g/mol. The van der Waals surface area contributed by atoms with Crippen molar-refractivity contribution in [2.24, 2.45) is 0 Å². The molecule has 3 aliphatic rings. The van der Waals surface area contributed by atoms with Crippen molar-refractivity contribution in [1.29, 1.82) is 0 Å². The van der Waals surface area contributed by atoms with Gasteiger partial charge in [0, 0.05) is 41.8 Å². The highest BCUT2D eigenvalue weighted by molar-refractivity contribution is 8.03. The lowest BCUT2D eigenvalue weighted by atomic mass is 9.90. The van der Waals surface area contributed by atoms with Crippen LogP contribution >= 0.6 is 23.1 Å². The van der Waals surface area contributed by atoms with Crippen molar-refractivity contribution in [3.63, 3.8) is 0 Å². The predicted octanol–water partition coefficient (Wildman–Crippen LogP) is 6.39. The minimum atomic E-state index is -4.31. The van der Waals surface area contributed by atoms with Crippen LogP contribution in [0.15, 0.2) is 45.8 Å². The normalized spacial score (nSPS) is 17.6. The van der Waals surface area contributed by atoms with E-state index in [9.17, 15) is 21.4 Å². The second-order valence-electron chi connectivity index (χ2n) is 12.7. The minimum absolute atomic E-state index is 0.0829. The van der Waals surface area contributed by atoms with Gasteiger partial charge in [0.1, 0.15) is 4.70 Å². The number of fused-ring (bicyclic) bond motifs is 6. The molecule has 260 valence electrons. The SMILES string of the molecule is CCNOS(=O)(=O)CCCN1/C(=C/C(=C/c2sc3ccc4c(c3[n+]2CCCS(=O)(=O)[O-])CCCC4)CC)Sc2ccc3c(c21)CCCC3. The summed E-state index contributed by atoms with van der Waals surface area (Å²) in [6.45, 7) is 5.33. The van der Waals surface area contributed by atoms with Gasteiger partial charge in [-0.2, -0.15) is 22.7 Å². The van der Waals surface area contributed by atoms with E-state index in [4.69, 9.17) is 4.28 Å². The van der Waals surface area contributed by atoms with E-state index in [1.807, 2.05) is 0 Å². The zero-order valence-corrected chi connectivity index (χ0v) is 31.0. The highest BCUT2D eigenvalue weighted by Crippen LogP contribution is 2.50. The topological polar surface area (TPSA) is 120 Å². The van der Waals surface area contributed by atoms with Crippen LogP contribution in [0, 0.1) is 0 Å². The summed E-state index contributed by atoms with van der Waals surface area (Å²) in [4.78, 5) is 3.51. The van der Waals surface area contributed by atoms with Crippen LogP contribution < -0.4 is 14.9 Å². The Bertz CT molecular complexity index is 1950. The first-order chi connectivity index (χ1) is 23.1. The zero-order chi connectivity index (χ0) is 33.9. The van der Waals surface area contributed by atoms with Crippen LogP contribution in [0.3, 0.4) is 0 Å². The number of hydrogen-bond donors (Lipinski definition) is 1. The van der Waals surface area contributed by atoms with Gasteiger partial charge in [-0.15, -0.1) is 0 Å². The maximum atomic E-state index is 12.5. The maximum Gasteiger partial charge on any atom is 0.283 e. The fourth-order valence-electron chi connectivity index (χ4n) is 7.10. The maximum absolute atomic E-state index is 12.5. The van der Waals surface area contributed by atoms with Crippen LogP contribution in [0.2, 0.25) is 0 Å². The van der Waals surface area contributed by atoms with Gasteiger partial charge in [0.05, 0.1) is 26.6 Å². The van der Waals surface area contributed by atoms with Crippen LogP contribution in [0.1, 0.15) is 86.1 Å². The summed E-state index contributed by atoms with van der Waals surface area (Å²) in [7, 11) is -8.00. The molecule has 0 saturated heterocycles. The number of aryl methyl sites for hydroxylation is 4. The second-order valence-corrected chi connectivity index (χ2v) is 18.1. The molecule has 2 aliphatic carbocycles. The lowest BCUT2D eigenvalue weighted by Crippen LogP contribution is -2.37. The molecule has 0 saturated carbocycles. The minimum Gasteiger partial charge on any atom is -0.748 e. The second kappa shape index (κ2) is 15.3. The third-order valence-electron chi connectivity index (χ3n) is 9.34. The van der Waals surface area contributed by atoms with Crippen LogP contribution in [0.25, 0.3) is 16.3 Å². The third-order valence-corrected chi connectivity index (χ3v) is 13.5. The number of hydroxylamine groups is 1. The fourth-order valence-corrected chi connectivity index (χ4v) is 10.8. The van der Waals surface area contributed by atoms with Crippen molar-refractivity contribution in [1.82, 2.24) is 5.48 Å². The van der Waals surface area contributed by atoms with E-state index in [-0.39, 0.29) is 17.9 Å². The average Bonchev–Trinajstić information content (AvgIpc) is 3.60. The Morgan fingerprint density at radius 1 is 0.958 bits per heavy atom. The Labute approximate surface area is 293 Å². The summed E-state index contributed by atoms with van der Waals surface area (Å²) in [5, 5.41) is 2.11. The Hall–Kier alpha value is -2.26. The summed E-state index contributed by atoms with van der Waals surface area (Å²) in [6.07, 6.45) is 14.7. The van der Waals surface area contributed by atoms with Gasteiger partial charge < -0.3 is 9.45 Å². The molecule has 0 amide bonds. The van der Waals surface area contributed by atoms with Crippen LogP contribution in [-0.4, -0.2) is 46.0 Å². The molecule has 0 radical (unpaired) electrons. The fraction of sp³-hybridized carbons (Fsp3) is 0.514. The van der Waals surface area contributed by atoms with Gasteiger partial charge in [0.2, 0.25) is 5.52 Å². The molecule has 0 bridgehead atoms. The molecule has 1 N–H and O–H groups in total. The molecule has 0 fully saturated rings. The number of thiazole rings is 1. The van der Waals surface area contributed by atoms with Gasteiger partial charge in [-0.1, -0.05) is 49.1 Å². The number of nitrogens with zero attached hydrogens (tertiary/aromatic N) is 2. The predicted molar refractivity (Wildman–Crippen MR) is 194 cm³/mol. The number of aromatic nitrogens is 1. The summed E-state index contributed by atoms with van der Waals surface area (Å²) in [5.74, 6) is -0.468. The first-order valence-electron chi connectivity index (χ1n) is 17.1. The molecule has 13 heteroatoms. The Morgan fingerprint density at radius 3 is 2.40 bits per heavy atom. The molecule has 3 aromatic rings. The molecule has 1 aromatic heterocycles. The van der Waals surface area contributed by atoms with Gasteiger partial charge in [0.15, 0.2) is 6.54 Å². The van der Waals surface area contributed by atoms with Crippen molar-refractivity contribution in [2.75, 3.05) is 29.5 Å². The molecule has 48 heavy (non-hydrogen) atoms. The highest BCUT2D eigenvalue weighted by Gasteiger charge is 2.31. The molecular formula is C35H45N3O6S4. The summed E-state index contributed by atoms with van der Waals surface area (Å²) < 4.78 is 67.9. The van der Waals surface area contributed by atoms with Gasteiger partial charge >= 0.3 is 0 Å². The lowest BCUT2D eigenvalue weighted by Gasteiger charge is -2.26.